The normalized spacial score (nSPS) is 26.4. The van der Waals surface area contributed by atoms with Crippen LogP contribution in [0.3, 0.4) is 0 Å². The van der Waals surface area contributed by atoms with Crippen molar-refractivity contribution in [3.05, 3.63) is 0 Å². The molecule has 92 valence electrons. The lowest BCUT2D eigenvalue weighted by Crippen LogP contribution is -2.44. The second kappa shape index (κ2) is 5.59. The Hall–Kier alpha value is -0.680. The van der Waals surface area contributed by atoms with Gasteiger partial charge in [-0.3, -0.25) is 4.79 Å². The first-order valence-corrected chi connectivity index (χ1v) is 6.10. The highest BCUT2D eigenvalue weighted by molar-refractivity contribution is 7.80. The van der Waals surface area contributed by atoms with Gasteiger partial charge in [0, 0.05) is 13.2 Å². The lowest BCUT2D eigenvalue weighted by molar-refractivity contribution is -0.124. The number of nitrogens with one attached hydrogen (secondary N) is 1. The van der Waals surface area contributed by atoms with Crippen molar-refractivity contribution in [2.24, 2.45) is 11.7 Å². The van der Waals surface area contributed by atoms with Crippen molar-refractivity contribution in [1.29, 1.82) is 0 Å². The molecule has 0 aromatic heterocycles. The van der Waals surface area contributed by atoms with E-state index in [1.807, 2.05) is 13.8 Å². The van der Waals surface area contributed by atoms with Gasteiger partial charge in [0.2, 0.25) is 5.91 Å². The van der Waals surface area contributed by atoms with Crippen molar-refractivity contribution >= 4 is 23.1 Å². The highest BCUT2D eigenvalue weighted by Gasteiger charge is 2.31. The number of hydrogen-bond acceptors (Lipinski definition) is 3. The minimum Gasteiger partial charge on any atom is -0.393 e. The van der Waals surface area contributed by atoms with Crippen LogP contribution in [-0.4, -0.2) is 29.6 Å². The van der Waals surface area contributed by atoms with E-state index in [9.17, 15) is 4.79 Å². The van der Waals surface area contributed by atoms with Crippen molar-refractivity contribution in [2.45, 2.75) is 38.7 Å². The molecule has 1 amide bonds. The molecule has 1 heterocycles. The number of nitrogens with two attached hydrogens (primary N) is 1. The van der Waals surface area contributed by atoms with Crippen LogP contribution in [0, 0.1) is 5.92 Å². The SMILES string of the molecule is CCC(C(=O)NCC1(C)CCCO1)C(N)=S. The highest BCUT2D eigenvalue weighted by atomic mass is 32.1. The quantitative estimate of drug-likeness (QED) is 0.708. The van der Waals surface area contributed by atoms with Crippen molar-refractivity contribution in [3.8, 4) is 0 Å². The molecule has 2 atom stereocenters. The molecule has 3 N–H and O–H groups in total. The molecule has 0 radical (unpaired) electrons. The molecule has 1 aliphatic rings. The summed E-state index contributed by atoms with van der Waals surface area (Å²) in [4.78, 5) is 12.0. The first kappa shape index (κ1) is 13.4. The Labute approximate surface area is 102 Å². The average molecular weight is 244 g/mol. The molecule has 0 aliphatic carbocycles. The van der Waals surface area contributed by atoms with Gasteiger partial charge < -0.3 is 15.8 Å². The van der Waals surface area contributed by atoms with Crippen LogP contribution in [0.25, 0.3) is 0 Å². The monoisotopic (exact) mass is 244 g/mol. The van der Waals surface area contributed by atoms with Crippen molar-refractivity contribution in [1.82, 2.24) is 5.32 Å². The van der Waals surface area contributed by atoms with E-state index in [4.69, 9.17) is 22.7 Å². The number of thiocarbonyl (C=S) groups is 1. The maximum absolute atomic E-state index is 11.8. The number of carbonyl (C=O) groups excluding carboxylic acids is 1. The molecule has 0 bridgehead atoms. The molecule has 1 fully saturated rings. The third-order valence-electron chi connectivity index (χ3n) is 3.01. The van der Waals surface area contributed by atoms with Gasteiger partial charge in [-0.2, -0.15) is 0 Å². The van der Waals surface area contributed by atoms with E-state index in [1.165, 1.54) is 0 Å². The molecular weight excluding hydrogens is 224 g/mol. The van der Waals surface area contributed by atoms with Gasteiger partial charge in [-0.1, -0.05) is 19.1 Å². The van der Waals surface area contributed by atoms with Crippen LogP contribution in [0.15, 0.2) is 0 Å². The van der Waals surface area contributed by atoms with Crippen LogP contribution in [0.2, 0.25) is 0 Å². The summed E-state index contributed by atoms with van der Waals surface area (Å²) >= 11 is 4.85. The Morgan fingerprint density at radius 3 is 2.81 bits per heavy atom. The lowest BCUT2D eigenvalue weighted by atomic mass is 10.0. The molecule has 4 nitrogen and oxygen atoms in total. The van der Waals surface area contributed by atoms with Crippen molar-refractivity contribution in [2.75, 3.05) is 13.2 Å². The molecule has 0 spiro atoms. The largest absolute Gasteiger partial charge is 0.393 e. The van der Waals surface area contributed by atoms with Gasteiger partial charge in [0.1, 0.15) is 0 Å². The second-order valence-corrected chi connectivity index (χ2v) is 4.95. The van der Waals surface area contributed by atoms with Gasteiger partial charge in [0.15, 0.2) is 0 Å². The third kappa shape index (κ3) is 3.42. The van der Waals surface area contributed by atoms with Gasteiger partial charge in [0.25, 0.3) is 0 Å². The maximum Gasteiger partial charge on any atom is 0.230 e. The first-order chi connectivity index (χ1) is 7.48. The third-order valence-corrected chi connectivity index (χ3v) is 3.29. The van der Waals surface area contributed by atoms with E-state index in [1.54, 1.807) is 0 Å². The Bertz CT molecular complexity index is 275. The smallest absolute Gasteiger partial charge is 0.230 e. The van der Waals surface area contributed by atoms with Crippen molar-refractivity contribution < 1.29 is 9.53 Å². The summed E-state index contributed by atoms with van der Waals surface area (Å²) in [6, 6.07) is 0. The summed E-state index contributed by atoms with van der Waals surface area (Å²) in [7, 11) is 0. The summed E-state index contributed by atoms with van der Waals surface area (Å²) in [6.07, 6.45) is 2.68. The summed E-state index contributed by atoms with van der Waals surface area (Å²) in [5, 5.41) is 2.87. The Morgan fingerprint density at radius 1 is 1.69 bits per heavy atom. The predicted molar refractivity (Wildman–Crippen MR) is 67.2 cm³/mol. The molecule has 2 unspecified atom stereocenters. The fourth-order valence-electron chi connectivity index (χ4n) is 1.89. The zero-order valence-electron chi connectivity index (χ0n) is 9.91. The Kier molecular flexibility index (Phi) is 4.68. The van der Waals surface area contributed by atoms with Crippen LogP contribution < -0.4 is 11.1 Å². The van der Waals surface area contributed by atoms with Gasteiger partial charge in [0.05, 0.1) is 16.5 Å². The van der Waals surface area contributed by atoms with E-state index in [0.29, 0.717) is 13.0 Å². The molecule has 16 heavy (non-hydrogen) atoms. The number of ether oxygens (including phenoxy) is 1. The summed E-state index contributed by atoms with van der Waals surface area (Å²) in [5.41, 5.74) is 5.29. The van der Waals surface area contributed by atoms with Gasteiger partial charge in [-0.05, 0) is 26.2 Å². The summed E-state index contributed by atoms with van der Waals surface area (Å²) < 4.78 is 5.59. The average Bonchev–Trinajstić information content (AvgIpc) is 2.63. The van der Waals surface area contributed by atoms with Crippen LogP contribution >= 0.6 is 12.2 Å². The van der Waals surface area contributed by atoms with Crippen molar-refractivity contribution in [3.63, 3.8) is 0 Å². The molecule has 1 saturated heterocycles. The number of amides is 1. The van der Waals surface area contributed by atoms with Crippen LogP contribution in [-0.2, 0) is 9.53 Å². The number of carbonyl (C=O) groups is 1. The Balaban J connectivity index is 2.42. The minimum absolute atomic E-state index is 0.0910. The van der Waals surface area contributed by atoms with E-state index < -0.39 is 0 Å². The van der Waals surface area contributed by atoms with E-state index in [2.05, 4.69) is 5.32 Å². The molecule has 5 heteroatoms. The van der Waals surface area contributed by atoms with Gasteiger partial charge in [-0.15, -0.1) is 0 Å². The summed E-state index contributed by atoms with van der Waals surface area (Å²) in [5.74, 6) is -0.452. The Morgan fingerprint density at radius 2 is 2.38 bits per heavy atom. The van der Waals surface area contributed by atoms with E-state index in [0.717, 1.165) is 19.4 Å². The molecule has 0 saturated carbocycles. The first-order valence-electron chi connectivity index (χ1n) is 5.69. The van der Waals surface area contributed by atoms with Crippen LogP contribution in [0.1, 0.15) is 33.1 Å². The fraction of sp³-hybridized carbons (Fsp3) is 0.818. The van der Waals surface area contributed by atoms with Crippen LogP contribution in [0.4, 0.5) is 0 Å². The van der Waals surface area contributed by atoms with E-state index in [-0.39, 0.29) is 22.4 Å². The topological polar surface area (TPSA) is 64.3 Å². The molecule has 1 rings (SSSR count). The predicted octanol–water partition coefficient (Wildman–Crippen LogP) is 0.984. The molecule has 0 aromatic rings. The summed E-state index contributed by atoms with van der Waals surface area (Å²) in [6.45, 7) is 5.23. The minimum atomic E-state index is -0.361. The van der Waals surface area contributed by atoms with Gasteiger partial charge >= 0.3 is 0 Å². The lowest BCUT2D eigenvalue weighted by Gasteiger charge is -2.24. The fourth-order valence-corrected chi connectivity index (χ4v) is 2.16. The zero-order chi connectivity index (χ0) is 12.2. The highest BCUT2D eigenvalue weighted by Crippen LogP contribution is 2.24. The number of rotatable bonds is 5. The maximum atomic E-state index is 11.8. The molecule has 0 aromatic carbocycles. The number of hydrogen-bond donors (Lipinski definition) is 2. The standard InChI is InChI=1S/C11H20N2O2S/c1-3-8(9(12)16)10(14)13-7-11(2)5-4-6-15-11/h8H,3-7H2,1-2H3,(H2,12,16)(H,13,14). The zero-order valence-corrected chi connectivity index (χ0v) is 10.7. The molecular formula is C11H20N2O2S. The van der Waals surface area contributed by atoms with Crippen LogP contribution in [0.5, 0.6) is 0 Å². The molecule has 1 aliphatic heterocycles. The van der Waals surface area contributed by atoms with Gasteiger partial charge in [-0.25, -0.2) is 0 Å². The van der Waals surface area contributed by atoms with E-state index >= 15 is 0 Å². The second-order valence-electron chi connectivity index (χ2n) is 4.48.